The highest BCUT2D eigenvalue weighted by molar-refractivity contribution is 5.67. The molecular weight excluding hydrogens is 496 g/mol. The van der Waals surface area contributed by atoms with Crippen LogP contribution >= 0.6 is 0 Å². The third-order valence-electron chi connectivity index (χ3n) is 9.59. The molecular formula is C30H48N4O5. The lowest BCUT2D eigenvalue weighted by Crippen LogP contribution is -2.56. The lowest BCUT2D eigenvalue weighted by Gasteiger charge is -2.42. The normalized spacial score (nSPS) is 36.1. The summed E-state index contributed by atoms with van der Waals surface area (Å²) in [7, 11) is 3.89. The first-order valence-corrected chi connectivity index (χ1v) is 14.6. The fraction of sp³-hybridized carbons (Fsp3) is 0.800. The minimum atomic E-state index is -0.420. The second-order valence-electron chi connectivity index (χ2n) is 13.3. The molecule has 1 saturated carbocycles. The number of carbonyl (C=O) groups excluding carboxylic acids is 1. The molecule has 3 saturated heterocycles. The highest BCUT2D eigenvalue weighted by Gasteiger charge is 2.72. The second kappa shape index (κ2) is 10.8. The zero-order valence-corrected chi connectivity index (χ0v) is 24.9. The molecule has 5 rings (SSSR count). The average Bonchev–Trinajstić information content (AvgIpc) is 3.66. The number of nitrogens with zero attached hydrogens (tertiary/aromatic N) is 3. The molecule has 9 heteroatoms. The summed E-state index contributed by atoms with van der Waals surface area (Å²) in [4.78, 5) is 20.1. The van der Waals surface area contributed by atoms with Gasteiger partial charge in [-0.25, -0.2) is 9.78 Å². The lowest BCUT2D eigenvalue weighted by atomic mass is 9.68. The molecule has 218 valence electrons. The summed E-state index contributed by atoms with van der Waals surface area (Å²) in [5.74, 6) is 0.0106. The molecule has 4 aliphatic rings. The molecule has 0 bridgehead atoms. The van der Waals surface area contributed by atoms with Crippen LogP contribution in [0.1, 0.15) is 72.4 Å². The van der Waals surface area contributed by atoms with Crippen molar-refractivity contribution < 1.29 is 23.7 Å². The van der Waals surface area contributed by atoms with E-state index in [-0.39, 0.29) is 40.8 Å². The molecule has 4 heterocycles. The van der Waals surface area contributed by atoms with E-state index in [1.807, 2.05) is 6.33 Å². The predicted octanol–water partition coefficient (Wildman–Crippen LogP) is 4.06. The molecule has 1 aromatic heterocycles. The fourth-order valence-electron chi connectivity index (χ4n) is 6.90. The average molecular weight is 545 g/mol. The second-order valence-corrected chi connectivity index (χ2v) is 13.3. The van der Waals surface area contributed by atoms with Gasteiger partial charge in [-0.3, -0.25) is 0 Å². The first kappa shape index (κ1) is 28.6. The van der Waals surface area contributed by atoms with Gasteiger partial charge in [-0.05, 0) is 66.5 Å². The minimum absolute atomic E-state index is 0.0106. The number of likely N-dealkylation sites (tertiary alicyclic amines) is 1. The van der Waals surface area contributed by atoms with Gasteiger partial charge >= 0.3 is 6.09 Å². The van der Waals surface area contributed by atoms with Gasteiger partial charge in [0.2, 0.25) is 0 Å². The van der Waals surface area contributed by atoms with Gasteiger partial charge in [0.25, 0.3) is 0 Å². The fourth-order valence-corrected chi connectivity index (χ4v) is 6.90. The van der Waals surface area contributed by atoms with E-state index < -0.39 is 6.09 Å². The van der Waals surface area contributed by atoms with E-state index in [0.29, 0.717) is 25.6 Å². The third-order valence-corrected chi connectivity index (χ3v) is 9.59. The van der Waals surface area contributed by atoms with Crippen molar-refractivity contribution in [1.29, 1.82) is 0 Å². The van der Waals surface area contributed by atoms with Crippen LogP contribution in [0.15, 0.2) is 24.2 Å². The van der Waals surface area contributed by atoms with Crippen LogP contribution in [0, 0.1) is 5.92 Å². The number of allylic oxidation sites excluding steroid dienone is 1. The summed E-state index contributed by atoms with van der Waals surface area (Å²) in [6.07, 6.45) is 10.2. The van der Waals surface area contributed by atoms with Gasteiger partial charge in [0.1, 0.15) is 23.4 Å². The number of amides is 1. The smallest absolute Gasteiger partial charge is 0.407 e. The zero-order valence-electron chi connectivity index (χ0n) is 24.9. The third kappa shape index (κ3) is 5.92. The Balaban J connectivity index is 1.17. The Morgan fingerprint density at radius 3 is 2.74 bits per heavy atom. The van der Waals surface area contributed by atoms with Crippen molar-refractivity contribution in [1.82, 2.24) is 19.8 Å². The van der Waals surface area contributed by atoms with Gasteiger partial charge in [0.15, 0.2) is 0 Å². The van der Waals surface area contributed by atoms with Crippen LogP contribution in [0.4, 0.5) is 4.79 Å². The first-order valence-electron chi connectivity index (χ1n) is 14.6. The maximum atomic E-state index is 13.0. The molecule has 1 N–H and O–H groups in total. The Labute approximate surface area is 233 Å². The van der Waals surface area contributed by atoms with Crippen molar-refractivity contribution in [3.05, 3.63) is 29.9 Å². The number of alkyl carbamates (subject to hydrolysis) is 1. The summed E-state index contributed by atoms with van der Waals surface area (Å²) in [5, 5.41) is 3.01. The summed E-state index contributed by atoms with van der Waals surface area (Å²) in [5.41, 5.74) is 1.33. The zero-order chi connectivity index (χ0) is 28.0. The van der Waals surface area contributed by atoms with Crippen LogP contribution in [0.25, 0.3) is 0 Å². The largest absolute Gasteiger partial charge is 0.443 e. The van der Waals surface area contributed by atoms with Crippen molar-refractivity contribution in [2.24, 2.45) is 5.92 Å². The topological polar surface area (TPSA) is 93.7 Å². The Hall–Kier alpha value is -1.94. The van der Waals surface area contributed by atoms with Crippen molar-refractivity contribution in [2.45, 2.75) is 114 Å². The molecule has 3 aliphatic heterocycles. The number of methoxy groups -OCH3 is 1. The van der Waals surface area contributed by atoms with Crippen molar-refractivity contribution in [3.8, 4) is 0 Å². The maximum absolute atomic E-state index is 13.0. The molecule has 0 radical (unpaired) electrons. The Morgan fingerprint density at radius 1 is 1.33 bits per heavy atom. The first-order chi connectivity index (χ1) is 18.5. The van der Waals surface area contributed by atoms with Crippen LogP contribution in [0.2, 0.25) is 0 Å². The summed E-state index contributed by atoms with van der Waals surface area (Å²) in [6.45, 7) is 13.8. The van der Waals surface area contributed by atoms with Gasteiger partial charge in [-0.1, -0.05) is 25.5 Å². The van der Waals surface area contributed by atoms with Crippen molar-refractivity contribution in [3.63, 3.8) is 0 Å². The number of aromatic nitrogens is 2. The number of hydrogen-bond acceptors (Lipinski definition) is 7. The van der Waals surface area contributed by atoms with Crippen LogP contribution in [0.5, 0.6) is 0 Å². The highest BCUT2D eigenvalue weighted by atomic mass is 16.6. The Bertz CT molecular complexity index is 1060. The van der Waals surface area contributed by atoms with Crippen LogP contribution < -0.4 is 5.32 Å². The molecule has 7 atom stereocenters. The summed E-state index contributed by atoms with van der Waals surface area (Å²) in [6, 6.07) is 0.558. The van der Waals surface area contributed by atoms with Gasteiger partial charge in [0, 0.05) is 37.9 Å². The maximum Gasteiger partial charge on any atom is 0.407 e. The number of imidazole rings is 1. The van der Waals surface area contributed by atoms with Gasteiger partial charge in [-0.2, -0.15) is 0 Å². The van der Waals surface area contributed by atoms with E-state index in [9.17, 15) is 4.79 Å². The van der Waals surface area contributed by atoms with Crippen LogP contribution in [0.3, 0.4) is 0 Å². The van der Waals surface area contributed by atoms with Gasteiger partial charge in [0.05, 0.1) is 30.7 Å². The molecule has 1 spiro atoms. The molecule has 1 unspecified atom stereocenters. The monoisotopic (exact) mass is 544 g/mol. The number of ether oxygens (including phenoxy) is 4. The van der Waals surface area contributed by atoms with Gasteiger partial charge < -0.3 is 33.7 Å². The van der Waals surface area contributed by atoms with Crippen molar-refractivity contribution >= 4 is 6.09 Å². The molecule has 1 amide bonds. The molecule has 0 aromatic carbocycles. The summed E-state index contributed by atoms with van der Waals surface area (Å²) < 4.78 is 26.5. The Morgan fingerprint density at radius 2 is 2.10 bits per heavy atom. The number of nitrogens with one attached hydrogen (secondary N) is 1. The SMILES string of the molecule is CO[C@H]1C([C@@]2(C)O[C@@H]2CC=C(C)C)[C@]2(CC[C@H]1OC(=O)NCC(C)(C)c1cn(C[C@H]3CCCN3C)cn1)CO2. The van der Waals surface area contributed by atoms with Crippen molar-refractivity contribution in [2.75, 3.05) is 33.9 Å². The Kier molecular flexibility index (Phi) is 7.92. The van der Waals surface area contributed by atoms with Crippen LogP contribution in [-0.2, 0) is 30.9 Å². The van der Waals surface area contributed by atoms with E-state index in [2.05, 4.69) is 73.7 Å². The van der Waals surface area contributed by atoms with E-state index in [4.69, 9.17) is 18.9 Å². The lowest BCUT2D eigenvalue weighted by molar-refractivity contribution is -0.118. The van der Waals surface area contributed by atoms with E-state index in [1.165, 1.54) is 18.4 Å². The highest BCUT2D eigenvalue weighted by Crippen LogP contribution is 2.59. The number of likely N-dealkylation sites (N-methyl/N-ethyl adjacent to an activating group) is 1. The molecule has 39 heavy (non-hydrogen) atoms. The number of carbonyl (C=O) groups is 1. The minimum Gasteiger partial charge on any atom is -0.443 e. The molecule has 9 nitrogen and oxygen atoms in total. The standard InChI is InChI=1S/C30H48N4O5/c1-20(2)10-11-24-29(5,39-24)26-25(36-7)22(12-13-30(26)18-37-30)38-27(35)31-17-28(3,4)23-16-34(19-32-23)15-21-9-8-14-33(21)6/h10,16,19,21-22,24-26H,8-9,11-15,17-18H2,1-7H3,(H,31,35)/t21-,22-,24-,25-,26?,29+,30+/m1/s1. The molecule has 1 aromatic rings. The number of epoxide rings is 2. The number of rotatable bonds is 10. The van der Waals surface area contributed by atoms with Crippen LogP contribution in [-0.4, -0.2) is 90.0 Å². The van der Waals surface area contributed by atoms with E-state index in [1.54, 1.807) is 7.11 Å². The number of hydrogen-bond donors (Lipinski definition) is 1. The van der Waals surface area contributed by atoms with E-state index in [0.717, 1.165) is 31.6 Å². The molecule has 4 fully saturated rings. The van der Waals surface area contributed by atoms with E-state index >= 15 is 0 Å². The summed E-state index contributed by atoms with van der Waals surface area (Å²) >= 11 is 0. The molecule has 1 aliphatic carbocycles. The van der Waals surface area contributed by atoms with Gasteiger partial charge in [-0.15, -0.1) is 0 Å². The quantitative estimate of drug-likeness (QED) is 0.351. The predicted molar refractivity (Wildman–Crippen MR) is 149 cm³/mol.